The first-order chi connectivity index (χ1) is 11.6. The molecule has 2 heterocycles. The summed E-state index contributed by atoms with van der Waals surface area (Å²) in [5, 5.41) is 0. The molecule has 130 valence electrons. The van der Waals surface area contributed by atoms with Gasteiger partial charge in [0.05, 0.1) is 13.5 Å². The van der Waals surface area contributed by atoms with Crippen LogP contribution in [0.5, 0.6) is 11.5 Å². The van der Waals surface area contributed by atoms with Crippen molar-refractivity contribution >= 4 is 12.0 Å². The number of piperazine rings is 1. The molecule has 0 saturated carbocycles. The minimum atomic E-state index is -0.343. The number of benzene rings is 1. The highest BCUT2D eigenvalue weighted by Crippen LogP contribution is 2.33. The Morgan fingerprint density at radius 2 is 1.62 bits per heavy atom. The minimum absolute atomic E-state index is 0.0549. The van der Waals surface area contributed by atoms with Crippen molar-refractivity contribution in [2.24, 2.45) is 0 Å². The number of hydrogen-bond acceptors (Lipinski definition) is 5. The number of nitrogens with zero attached hydrogens (tertiary/aromatic N) is 2. The molecule has 1 fully saturated rings. The SMILES string of the molecule is COC(=O)N1CCN(C(=O)Cc2cc3c(cc2C)OCCO3)CC1. The molecule has 0 radical (unpaired) electrons. The average molecular weight is 334 g/mol. The average Bonchev–Trinajstić information content (AvgIpc) is 2.61. The number of aryl methyl sites for hydroxylation is 1. The van der Waals surface area contributed by atoms with Crippen molar-refractivity contribution in [1.82, 2.24) is 9.80 Å². The molecule has 1 aromatic carbocycles. The van der Waals surface area contributed by atoms with Crippen LogP contribution in [0.15, 0.2) is 12.1 Å². The number of ether oxygens (including phenoxy) is 3. The van der Waals surface area contributed by atoms with Crippen molar-refractivity contribution in [1.29, 1.82) is 0 Å². The minimum Gasteiger partial charge on any atom is -0.486 e. The van der Waals surface area contributed by atoms with Gasteiger partial charge in [0.25, 0.3) is 0 Å². The van der Waals surface area contributed by atoms with Crippen molar-refractivity contribution in [2.75, 3.05) is 46.5 Å². The van der Waals surface area contributed by atoms with Crippen LogP contribution in [-0.4, -0.2) is 68.3 Å². The maximum Gasteiger partial charge on any atom is 0.409 e. The molecule has 1 saturated heterocycles. The molecule has 0 aliphatic carbocycles. The highest BCUT2D eigenvalue weighted by Gasteiger charge is 2.25. The Morgan fingerprint density at radius 1 is 1.04 bits per heavy atom. The third-order valence-corrected chi connectivity index (χ3v) is 4.41. The Morgan fingerprint density at radius 3 is 2.25 bits per heavy atom. The van der Waals surface area contributed by atoms with E-state index in [4.69, 9.17) is 14.2 Å². The summed E-state index contributed by atoms with van der Waals surface area (Å²) in [4.78, 5) is 27.4. The van der Waals surface area contributed by atoms with Crippen molar-refractivity contribution in [2.45, 2.75) is 13.3 Å². The summed E-state index contributed by atoms with van der Waals surface area (Å²) in [5.41, 5.74) is 1.96. The smallest absolute Gasteiger partial charge is 0.409 e. The molecule has 0 unspecified atom stereocenters. The molecule has 3 rings (SSSR count). The molecule has 0 atom stereocenters. The van der Waals surface area contributed by atoms with E-state index in [-0.39, 0.29) is 12.0 Å². The Hall–Kier alpha value is -2.44. The van der Waals surface area contributed by atoms with E-state index in [0.717, 1.165) is 16.9 Å². The fraction of sp³-hybridized carbons (Fsp3) is 0.529. The Balaban J connectivity index is 1.62. The highest BCUT2D eigenvalue weighted by atomic mass is 16.6. The number of amides is 2. The van der Waals surface area contributed by atoms with Gasteiger partial charge in [0.15, 0.2) is 11.5 Å². The fourth-order valence-corrected chi connectivity index (χ4v) is 2.97. The van der Waals surface area contributed by atoms with Crippen LogP contribution < -0.4 is 9.47 Å². The summed E-state index contributed by atoms with van der Waals surface area (Å²) < 4.78 is 15.9. The molecule has 0 N–H and O–H groups in total. The zero-order valence-electron chi connectivity index (χ0n) is 14.0. The lowest BCUT2D eigenvalue weighted by atomic mass is 10.0. The van der Waals surface area contributed by atoms with Gasteiger partial charge in [-0.1, -0.05) is 0 Å². The zero-order valence-corrected chi connectivity index (χ0v) is 14.0. The Kier molecular flexibility index (Phi) is 4.78. The largest absolute Gasteiger partial charge is 0.486 e. The number of carbonyl (C=O) groups excluding carboxylic acids is 2. The molecular formula is C17H22N2O5. The molecular weight excluding hydrogens is 312 g/mol. The van der Waals surface area contributed by atoms with E-state index in [9.17, 15) is 9.59 Å². The van der Waals surface area contributed by atoms with E-state index in [1.807, 2.05) is 19.1 Å². The van der Waals surface area contributed by atoms with Crippen molar-refractivity contribution in [3.05, 3.63) is 23.3 Å². The first kappa shape index (κ1) is 16.4. The van der Waals surface area contributed by atoms with Gasteiger partial charge in [-0.25, -0.2) is 4.79 Å². The summed E-state index contributed by atoms with van der Waals surface area (Å²) in [6.07, 6.45) is -0.0227. The molecule has 7 nitrogen and oxygen atoms in total. The first-order valence-corrected chi connectivity index (χ1v) is 8.08. The van der Waals surface area contributed by atoms with Gasteiger partial charge in [-0.2, -0.15) is 0 Å². The summed E-state index contributed by atoms with van der Waals surface area (Å²) in [6.45, 7) is 5.09. The van der Waals surface area contributed by atoms with Gasteiger partial charge >= 0.3 is 6.09 Å². The number of hydrogen-bond donors (Lipinski definition) is 0. The number of fused-ring (bicyclic) bond motifs is 1. The van der Waals surface area contributed by atoms with Crippen LogP contribution in [0.4, 0.5) is 4.79 Å². The van der Waals surface area contributed by atoms with Crippen molar-refractivity contribution in [3.8, 4) is 11.5 Å². The molecule has 0 spiro atoms. The summed E-state index contributed by atoms with van der Waals surface area (Å²) in [7, 11) is 1.37. The predicted octanol–water partition coefficient (Wildman–Crippen LogP) is 1.22. The lowest BCUT2D eigenvalue weighted by Gasteiger charge is -2.34. The van der Waals surface area contributed by atoms with E-state index in [2.05, 4.69) is 0 Å². The first-order valence-electron chi connectivity index (χ1n) is 8.08. The molecule has 7 heteroatoms. The monoisotopic (exact) mass is 334 g/mol. The van der Waals surface area contributed by atoms with Crippen molar-refractivity contribution in [3.63, 3.8) is 0 Å². The van der Waals surface area contributed by atoms with Crippen LogP contribution in [-0.2, 0) is 16.0 Å². The second-order valence-corrected chi connectivity index (χ2v) is 5.94. The lowest BCUT2D eigenvalue weighted by molar-refractivity contribution is -0.132. The van der Waals surface area contributed by atoms with Crippen LogP contribution in [0.25, 0.3) is 0 Å². The van der Waals surface area contributed by atoms with Crippen LogP contribution in [0, 0.1) is 6.92 Å². The van der Waals surface area contributed by atoms with Gasteiger partial charge in [0.1, 0.15) is 13.2 Å². The second kappa shape index (κ2) is 6.98. The van der Waals surface area contributed by atoms with Gasteiger partial charge in [0.2, 0.25) is 5.91 Å². The second-order valence-electron chi connectivity index (χ2n) is 5.94. The fourth-order valence-electron chi connectivity index (χ4n) is 2.97. The van der Waals surface area contributed by atoms with Gasteiger partial charge in [-0.3, -0.25) is 4.79 Å². The number of carbonyl (C=O) groups is 2. The Bertz CT molecular complexity index is 638. The number of methoxy groups -OCH3 is 1. The summed E-state index contributed by atoms with van der Waals surface area (Å²) >= 11 is 0. The molecule has 1 aromatic rings. The molecule has 2 amide bonds. The van der Waals surface area contributed by atoms with Gasteiger partial charge in [-0.05, 0) is 30.2 Å². The van der Waals surface area contributed by atoms with Crippen LogP contribution in [0.3, 0.4) is 0 Å². The van der Waals surface area contributed by atoms with Crippen LogP contribution >= 0.6 is 0 Å². The van der Waals surface area contributed by atoms with E-state index in [1.54, 1.807) is 9.80 Å². The summed E-state index contributed by atoms with van der Waals surface area (Å²) in [5.74, 6) is 1.49. The highest BCUT2D eigenvalue weighted by molar-refractivity contribution is 5.80. The lowest BCUT2D eigenvalue weighted by Crippen LogP contribution is -2.51. The molecule has 2 aliphatic rings. The maximum absolute atomic E-state index is 12.6. The van der Waals surface area contributed by atoms with Gasteiger partial charge < -0.3 is 24.0 Å². The number of rotatable bonds is 2. The zero-order chi connectivity index (χ0) is 17.1. The van der Waals surface area contributed by atoms with E-state index in [1.165, 1.54) is 7.11 Å². The van der Waals surface area contributed by atoms with Crippen molar-refractivity contribution < 1.29 is 23.8 Å². The molecule has 24 heavy (non-hydrogen) atoms. The van der Waals surface area contributed by atoms with E-state index >= 15 is 0 Å². The summed E-state index contributed by atoms with van der Waals surface area (Å²) in [6, 6.07) is 3.82. The Labute approximate surface area is 141 Å². The van der Waals surface area contributed by atoms with Gasteiger partial charge in [0, 0.05) is 26.2 Å². The predicted molar refractivity (Wildman–Crippen MR) is 86.4 cm³/mol. The third kappa shape index (κ3) is 3.39. The normalized spacial score (nSPS) is 16.8. The van der Waals surface area contributed by atoms with E-state index in [0.29, 0.717) is 51.6 Å². The standard InChI is InChI=1S/C17H22N2O5/c1-12-9-14-15(24-8-7-23-14)10-13(12)11-16(20)18-3-5-19(6-4-18)17(21)22-2/h9-10H,3-8,11H2,1-2H3. The van der Waals surface area contributed by atoms with Crippen LogP contribution in [0.2, 0.25) is 0 Å². The molecule has 0 bridgehead atoms. The topological polar surface area (TPSA) is 68.3 Å². The maximum atomic E-state index is 12.6. The quantitative estimate of drug-likeness (QED) is 0.813. The molecule has 0 aromatic heterocycles. The molecule has 2 aliphatic heterocycles. The third-order valence-electron chi connectivity index (χ3n) is 4.41. The van der Waals surface area contributed by atoms with Gasteiger partial charge in [-0.15, -0.1) is 0 Å². The van der Waals surface area contributed by atoms with E-state index < -0.39 is 0 Å². The van der Waals surface area contributed by atoms with Crippen LogP contribution in [0.1, 0.15) is 11.1 Å².